The first-order valence-corrected chi connectivity index (χ1v) is 16.9. The van der Waals surface area contributed by atoms with Crippen molar-refractivity contribution < 1.29 is 9.59 Å². The number of pyridine rings is 4. The molecule has 0 unspecified atom stereocenters. The molecule has 5 aromatic heterocycles. The van der Waals surface area contributed by atoms with E-state index in [1.807, 2.05) is 84.9 Å². The van der Waals surface area contributed by atoms with Crippen LogP contribution in [0.15, 0.2) is 170 Å². The van der Waals surface area contributed by atoms with Gasteiger partial charge in [0.1, 0.15) is 22.8 Å². The van der Waals surface area contributed by atoms with E-state index in [9.17, 15) is 9.59 Å². The molecule has 0 saturated carbocycles. The molecule has 0 radical (unpaired) electrons. The lowest BCUT2D eigenvalue weighted by Gasteiger charge is -2.10. The van der Waals surface area contributed by atoms with Crippen LogP contribution in [0.3, 0.4) is 0 Å². The van der Waals surface area contributed by atoms with E-state index in [0.29, 0.717) is 11.4 Å². The molecule has 9 aromatic rings. The zero-order chi connectivity index (χ0) is 37.3. The standard InChI is InChI=1S/C22H14N4.C12H8N2O2.C10H10N2/c1-2-8-16-14-20-19(13-15(16)7-1)25-21(17-9-3-5-11-23-17)22(26-20)18-10-4-6-12-24-18;15-11(9-5-1-3-7-13-9)12(16)10-6-2-4-8-14-10;11-9-5-7-3-1-2-4-8(7)6-10(9)12/h1-14H;1-8H;1-6H,11-12H2. The SMILES string of the molecule is Nc1cc2ccccc2cc1N.O=C(C(=O)c1ccccn1)c1ccccn1.c1ccc(-c2nc3cc4ccccc4cc3nc2-c2ccccn2)nc1. The van der Waals surface area contributed by atoms with Gasteiger partial charge in [-0.05, 0) is 94.3 Å². The van der Waals surface area contributed by atoms with Crippen LogP contribution in [0, 0.1) is 0 Å². The van der Waals surface area contributed by atoms with Crippen LogP contribution in [0.2, 0.25) is 0 Å². The van der Waals surface area contributed by atoms with Crippen molar-refractivity contribution in [1.82, 2.24) is 29.9 Å². The molecule has 260 valence electrons. The predicted octanol–water partition coefficient (Wildman–Crippen LogP) is 8.45. The summed E-state index contributed by atoms with van der Waals surface area (Å²) < 4.78 is 0. The van der Waals surface area contributed by atoms with Crippen LogP contribution < -0.4 is 11.5 Å². The van der Waals surface area contributed by atoms with Crippen molar-refractivity contribution in [2.45, 2.75) is 0 Å². The van der Waals surface area contributed by atoms with Gasteiger partial charge in [0.15, 0.2) is 0 Å². The van der Waals surface area contributed by atoms with Gasteiger partial charge < -0.3 is 11.5 Å². The number of nitrogen functional groups attached to an aromatic ring is 2. The van der Waals surface area contributed by atoms with Gasteiger partial charge in [-0.1, -0.05) is 72.8 Å². The number of carbonyl (C=O) groups is 2. The normalized spacial score (nSPS) is 10.5. The van der Waals surface area contributed by atoms with E-state index in [0.717, 1.165) is 55.4 Å². The van der Waals surface area contributed by atoms with Gasteiger partial charge in [0.25, 0.3) is 11.6 Å². The molecular formula is C44H32N8O2. The molecule has 10 heteroatoms. The van der Waals surface area contributed by atoms with Crippen LogP contribution >= 0.6 is 0 Å². The van der Waals surface area contributed by atoms with Crippen molar-refractivity contribution in [3.05, 3.63) is 182 Å². The first-order valence-electron chi connectivity index (χ1n) is 16.9. The van der Waals surface area contributed by atoms with E-state index < -0.39 is 11.6 Å². The summed E-state index contributed by atoms with van der Waals surface area (Å²) in [6.45, 7) is 0. The number of rotatable bonds is 5. The fraction of sp³-hybridized carbons (Fsp3) is 0. The van der Waals surface area contributed by atoms with Crippen LogP contribution in [0.1, 0.15) is 21.0 Å². The lowest BCUT2D eigenvalue weighted by Crippen LogP contribution is -2.16. The Bertz CT molecular complexity index is 2530. The highest BCUT2D eigenvalue weighted by Gasteiger charge is 2.20. The zero-order valence-electron chi connectivity index (χ0n) is 28.8. The quantitative estimate of drug-likeness (QED) is 0.0769. The van der Waals surface area contributed by atoms with Gasteiger partial charge in [-0.3, -0.25) is 29.5 Å². The van der Waals surface area contributed by atoms with E-state index in [4.69, 9.17) is 21.4 Å². The maximum Gasteiger partial charge on any atom is 0.253 e. The van der Waals surface area contributed by atoms with Crippen LogP contribution in [-0.2, 0) is 0 Å². The topological polar surface area (TPSA) is 164 Å². The predicted molar refractivity (Wildman–Crippen MR) is 213 cm³/mol. The molecule has 0 amide bonds. The van der Waals surface area contributed by atoms with E-state index in [-0.39, 0.29) is 11.4 Å². The number of fused-ring (bicyclic) bond motifs is 3. The van der Waals surface area contributed by atoms with Gasteiger partial charge in [-0.2, -0.15) is 0 Å². The molecule has 54 heavy (non-hydrogen) atoms. The van der Waals surface area contributed by atoms with Crippen LogP contribution in [0.5, 0.6) is 0 Å². The number of Topliss-reactive ketones (excluding diaryl/α,β-unsaturated/α-hetero) is 2. The molecule has 4 N–H and O–H groups in total. The molecule has 0 saturated heterocycles. The van der Waals surface area contributed by atoms with Gasteiger partial charge in [0.05, 0.1) is 33.8 Å². The van der Waals surface area contributed by atoms with Gasteiger partial charge in [-0.15, -0.1) is 0 Å². The first kappa shape index (κ1) is 34.7. The number of carbonyl (C=O) groups excluding carboxylic acids is 2. The summed E-state index contributed by atoms with van der Waals surface area (Å²) in [7, 11) is 0. The van der Waals surface area contributed by atoms with Crippen molar-refractivity contribution >= 4 is 55.5 Å². The minimum absolute atomic E-state index is 0.137. The number of hydrogen-bond acceptors (Lipinski definition) is 10. The summed E-state index contributed by atoms with van der Waals surface area (Å²) in [5, 5.41) is 4.55. The van der Waals surface area contributed by atoms with Crippen molar-refractivity contribution in [2.75, 3.05) is 11.5 Å². The molecule has 0 aliphatic rings. The summed E-state index contributed by atoms with van der Waals surface area (Å²) in [6.07, 6.45) is 6.48. The Morgan fingerprint density at radius 2 is 0.722 bits per heavy atom. The van der Waals surface area contributed by atoms with E-state index in [1.165, 1.54) is 24.5 Å². The third kappa shape index (κ3) is 7.93. The Kier molecular flexibility index (Phi) is 10.3. The highest BCUT2D eigenvalue weighted by molar-refractivity contribution is 6.48. The fourth-order valence-corrected chi connectivity index (χ4v) is 5.61. The molecule has 9 rings (SSSR count). The molecular weight excluding hydrogens is 673 g/mol. The monoisotopic (exact) mass is 704 g/mol. The molecule has 5 heterocycles. The fourth-order valence-electron chi connectivity index (χ4n) is 5.61. The maximum atomic E-state index is 11.7. The number of hydrogen-bond donors (Lipinski definition) is 2. The summed E-state index contributed by atoms with van der Waals surface area (Å²) >= 11 is 0. The van der Waals surface area contributed by atoms with Gasteiger partial charge in [0, 0.05) is 24.8 Å². The molecule has 4 aromatic carbocycles. The zero-order valence-corrected chi connectivity index (χ0v) is 28.8. The third-order valence-electron chi connectivity index (χ3n) is 8.30. The lowest BCUT2D eigenvalue weighted by atomic mass is 10.1. The Balaban J connectivity index is 0.000000137. The van der Waals surface area contributed by atoms with E-state index >= 15 is 0 Å². The van der Waals surface area contributed by atoms with Gasteiger partial charge in [0.2, 0.25) is 0 Å². The van der Waals surface area contributed by atoms with Crippen LogP contribution in [0.25, 0.3) is 55.4 Å². The molecule has 0 bridgehead atoms. The van der Waals surface area contributed by atoms with Crippen LogP contribution in [-0.4, -0.2) is 41.5 Å². The number of aromatic nitrogens is 6. The molecule has 0 atom stereocenters. The summed E-state index contributed by atoms with van der Waals surface area (Å²) in [5.74, 6) is -1.28. The van der Waals surface area contributed by atoms with Crippen molar-refractivity contribution in [1.29, 1.82) is 0 Å². The molecule has 0 aliphatic heterocycles. The number of anilines is 2. The van der Waals surface area contributed by atoms with Gasteiger partial charge >= 0.3 is 0 Å². The second kappa shape index (κ2) is 16.1. The Hall–Kier alpha value is -7.72. The summed E-state index contributed by atoms with van der Waals surface area (Å²) in [4.78, 5) is 49.8. The smallest absolute Gasteiger partial charge is 0.253 e. The Morgan fingerprint density at radius 3 is 1.06 bits per heavy atom. The molecule has 0 spiro atoms. The average Bonchev–Trinajstić information content (AvgIpc) is 3.24. The number of benzene rings is 4. The van der Waals surface area contributed by atoms with Gasteiger partial charge in [-0.25, -0.2) is 9.97 Å². The van der Waals surface area contributed by atoms with E-state index in [2.05, 4.69) is 44.2 Å². The summed E-state index contributed by atoms with van der Waals surface area (Å²) in [5.41, 5.74) is 17.7. The van der Waals surface area contributed by atoms with Crippen LogP contribution in [0.4, 0.5) is 11.4 Å². The largest absolute Gasteiger partial charge is 0.397 e. The van der Waals surface area contributed by atoms with E-state index in [1.54, 1.807) is 36.7 Å². The lowest BCUT2D eigenvalue weighted by molar-refractivity contribution is 0.0811. The second-order valence-corrected chi connectivity index (χ2v) is 12.0. The minimum Gasteiger partial charge on any atom is -0.397 e. The second-order valence-electron chi connectivity index (χ2n) is 12.0. The average molecular weight is 705 g/mol. The third-order valence-corrected chi connectivity index (χ3v) is 8.30. The van der Waals surface area contributed by atoms with Crippen molar-refractivity contribution in [3.8, 4) is 22.8 Å². The number of nitrogens with zero attached hydrogens (tertiary/aromatic N) is 6. The Labute approximate surface area is 310 Å². The Morgan fingerprint density at radius 1 is 0.389 bits per heavy atom. The summed E-state index contributed by atoms with van der Waals surface area (Å²) in [6, 6.07) is 45.5. The molecule has 10 nitrogen and oxygen atoms in total. The highest BCUT2D eigenvalue weighted by Crippen LogP contribution is 2.30. The maximum absolute atomic E-state index is 11.7. The van der Waals surface area contributed by atoms with Crippen molar-refractivity contribution in [3.63, 3.8) is 0 Å². The molecule has 0 aliphatic carbocycles. The van der Waals surface area contributed by atoms with Crippen molar-refractivity contribution in [2.24, 2.45) is 0 Å². The first-order chi connectivity index (χ1) is 26.4. The minimum atomic E-state index is -0.640. The molecule has 0 fully saturated rings. The number of ketones is 2. The highest BCUT2D eigenvalue weighted by atomic mass is 16.2. The number of nitrogens with two attached hydrogens (primary N) is 2.